The molecule has 0 unspecified atom stereocenters. The van der Waals surface area contributed by atoms with Crippen molar-refractivity contribution in [3.63, 3.8) is 0 Å². The molecule has 1 aromatic heterocycles. The molecule has 126 valence electrons. The Morgan fingerprint density at radius 3 is 2.54 bits per heavy atom. The molecule has 2 aromatic rings. The largest absolute Gasteiger partial charge is 0.456 e. The molecule has 0 N–H and O–H groups in total. The number of benzene rings is 1. The van der Waals surface area contributed by atoms with Crippen molar-refractivity contribution in [3.05, 3.63) is 59.8 Å². The van der Waals surface area contributed by atoms with Gasteiger partial charge in [0.15, 0.2) is 11.5 Å². The Morgan fingerprint density at radius 1 is 1.04 bits per heavy atom. The number of carbonyl (C=O) groups is 1. The maximum Gasteiger partial charge on any atom is 0.357 e. The molecule has 1 aliphatic heterocycles. The van der Waals surface area contributed by atoms with Gasteiger partial charge in [0.2, 0.25) is 0 Å². The number of pyridine rings is 1. The van der Waals surface area contributed by atoms with Crippen LogP contribution < -0.4 is 0 Å². The number of carbonyl (C=O) groups excluding carboxylic acids is 1. The number of nitrogens with zero attached hydrogens (tertiary/aromatic N) is 2. The smallest absolute Gasteiger partial charge is 0.357 e. The zero-order chi connectivity index (χ0) is 16.8. The Kier molecular flexibility index (Phi) is 5.25. The highest BCUT2D eigenvalue weighted by molar-refractivity contribution is 7.93. The molecule has 0 amide bonds. The van der Waals surface area contributed by atoms with E-state index in [1.807, 2.05) is 30.3 Å². The quantitative estimate of drug-likeness (QED) is 0.793. The van der Waals surface area contributed by atoms with E-state index < -0.39 is 15.7 Å². The van der Waals surface area contributed by atoms with Crippen LogP contribution in [0.4, 0.5) is 5.82 Å². The van der Waals surface area contributed by atoms with Gasteiger partial charge in [0, 0.05) is 11.5 Å². The first kappa shape index (κ1) is 16.6. The van der Waals surface area contributed by atoms with Crippen molar-refractivity contribution >= 4 is 21.5 Å². The SMILES string of the molecule is O=C(OCc1ccccc1)c1cccc(N=S2(=O)CCCCC2)n1. The molecule has 0 saturated carbocycles. The highest BCUT2D eigenvalue weighted by Gasteiger charge is 2.16. The summed E-state index contributed by atoms with van der Waals surface area (Å²) in [5.74, 6) is 1.06. The summed E-state index contributed by atoms with van der Waals surface area (Å²) in [5.41, 5.74) is 1.10. The van der Waals surface area contributed by atoms with Gasteiger partial charge in [-0.15, -0.1) is 0 Å². The second-order valence-corrected chi connectivity index (χ2v) is 8.32. The van der Waals surface area contributed by atoms with E-state index in [1.165, 1.54) is 0 Å². The first-order chi connectivity index (χ1) is 11.6. The number of esters is 1. The van der Waals surface area contributed by atoms with Crippen LogP contribution >= 0.6 is 0 Å². The Balaban J connectivity index is 1.71. The van der Waals surface area contributed by atoms with E-state index in [4.69, 9.17) is 4.74 Å². The Hall–Kier alpha value is -2.21. The molecule has 2 heterocycles. The molecule has 1 fully saturated rings. The number of aromatic nitrogens is 1. The predicted molar refractivity (Wildman–Crippen MR) is 93.6 cm³/mol. The van der Waals surface area contributed by atoms with Gasteiger partial charge < -0.3 is 4.74 Å². The highest BCUT2D eigenvalue weighted by Crippen LogP contribution is 2.19. The minimum Gasteiger partial charge on any atom is -0.456 e. The Morgan fingerprint density at radius 2 is 1.79 bits per heavy atom. The second kappa shape index (κ2) is 7.57. The number of hydrogen-bond acceptors (Lipinski definition) is 5. The number of hydrogen-bond donors (Lipinski definition) is 0. The van der Waals surface area contributed by atoms with Crippen LogP contribution in [0.1, 0.15) is 35.3 Å². The first-order valence-corrected chi connectivity index (χ1v) is 9.91. The van der Waals surface area contributed by atoms with Crippen molar-refractivity contribution in [2.45, 2.75) is 25.9 Å². The van der Waals surface area contributed by atoms with Gasteiger partial charge in [0.05, 0.1) is 9.73 Å². The summed E-state index contributed by atoms with van der Waals surface area (Å²) >= 11 is 0. The van der Waals surface area contributed by atoms with Crippen LogP contribution in [0, 0.1) is 0 Å². The minimum atomic E-state index is -2.23. The van der Waals surface area contributed by atoms with Gasteiger partial charge in [-0.25, -0.2) is 14.0 Å². The second-order valence-electron chi connectivity index (χ2n) is 5.78. The highest BCUT2D eigenvalue weighted by atomic mass is 32.2. The van der Waals surface area contributed by atoms with Crippen LogP contribution in [-0.4, -0.2) is 26.7 Å². The number of rotatable bonds is 4. The molecular formula is C18H20N2O3S. The van der Waals surface area contributed by atoms with Crippen molar-refractivity contribution in [1.82, 2.24) is 4.98 Å². The third-order valence-corrected chi connectivity index (χ3v) is 6.22. The summed E-state index contributed by atoms with van der Waals surface area (Å²) < 4.78 is 22.2. The Labute approximate surface area is 142 Å². The lowest BCUT2D eigenvalue weighted by Crippen LogP contribution is -2.16. The maximum absolute atomic E-state index is 12.6. The summed E-state index contributed by atoms with van der Waals surface area (Å²) in [7, 11) is -2.23. The third kappa shape index (κ3) is 4.41. The molecule has 1 aliphatic rings. The molecule has 3 rings (SSSR count). The van der Waals surface area contributed by atoms with E-state index in [2.05, 4.69) is 9.35 Å². The molecule has 5 nitrogen and oxygen atoms in total. The summed E-state index contributed by atoms with van der Waals surface area (Å²) in [6.07, 6.45) is 2.97. The monoisotopic (exact) mass is 344 g/mol. The van der Waals surface area contributed by atoms with E-state index in [0.29, 0.717) is 17.3 Å². The van der Waals surface area contributed by atoms with Gasteiger partial charge in [-0.3, -0.25) is 0 Å². The summed E-state index contributed by atoms with van der Waals surface area (Å²) in [4.78, 5) is 16.3. The van der Waals surface area contributed by atoms with E-state index in [0.717, 1.165) is 24.8 Å². The van der Waals surface area contributed by atoms with Crippen LogP contribution in [0.3, 0.4) is 0 Å². The van der Waals surface area contributed by atoms with E-state index in [-0.39, 0.29) is 12.3 Å². The molecule has 0 spiro atoms. The van der Waals surface area contributed by atoms with Crippen LogP contribution in [0.25, 0.3) is 0 Å². The lowest BCUT2D eigenvalue weighted by atomic mass is 10.2. The Bertz CT molecular complexity index is 815. The van der Waals surface area contributed by atoms with Crippen LogP contribution in [0.5, 0.6) is 0 Å². The van der Waals surface area contributed by atoms with Crippen LogP contribution in [0.2, 0.25) is 0 Å². The van der Waals surface area contributed by atoms with E-state index in [9.17, 15) is 9.00 Å². The van der Waals surface area contributed by atoms with Crippen molar-refractivity contribution in [3.8, 4) is 0 Å². The molecule has 1 aromatic carbocycles. The average Bonchev–Trinajstić information content (AvgIpc) is 2.61. The third-order valence-electron chi connectivity index (χ3n) is 3.84. The van der Waals surface area contributed by atoms with Gasteiger partial charge >= 0.3 is 5.97 Å². The van der Waals surface area contributed by atoms with Crippen molar-refractivity contribution in [2.75, 3.05) is 11.5 Å². The standard InChI is InChI=1S/C18H20N2O3S/c21-18(23-14-15-8-3-1-4-9-15)16-10-7-11-17(19-16)20-24(22)12-5-2-6-13-24/h1,3-4,7-11H,2,5-6,12-14H2. The molecule has 0 atom stereocenters. The van der Waals surface area contributed by atoms with E-state index in [1.54, 1.807) is 18.2 Å². The fourth-order valence-electron chi connectivity index (χ4n) is 2.58. The fourth-order valence-corrected chi connectivity index (χ4v) is 4.72. The van der Waals surface area contributed by atoms with Crippen molar-refractivity contribution in [1.29, 1.82) is 0 Å². The zero-order valence-electron chi connectivity index (χ0n) is 13.4. The van der Waals surface area contributed by atoms with Crippen LogP contribution in [-0.2, 0) is 21.1 Å². The van der Waals surface area contributed by atoms with E-state index >= 15 is 0 Å². The number of ether oxygens (including phenoxy) is 1. The van der Waals surface area contributed by atoms with Gasteiger partial charge in [-0.1, -0.05) is 42.8 Å². The predicted octanol–water partition coefficient (Wildman–Crippen LogP) is 3.72. The van der Waals surface area contributed by atoms with Gasteiger partial charge in [0.1, 0.15) is 6.61 Å². The summed E-state index contributed by atoms with van der Waals surface area (Å²) in [5, 5.41) is 0. The normalized spacial score (nSPS) is 16.3. The summed E-state index contributed by atoms with van der Waals surface area (Å²) in [6.45, 7) is 0.194. The molecular weight excluding hydrogens is 324 g/mol. The minimum absolute atomic E-state index is 0.186. The van der Waals surface area contributed by atoms with Crippen LogP contribution in [0.15, 0.2) is 52.9 Å². The molecule has 0 radical (unpaired) electrons. The lowest BCUT2D eigenvalue weighted by molar-refractivity contribution is 0.0466. The molecule has 0 bridgehead atoms. The lowest BCUT2D eigenvalue weighted by Gasteiger charge is -2.14. The molecule has 1 saturated heterocycles. The van der Waals surface area contributed by atoms with Crippen molar-refractivity contribution in [2.24, 2.45) is 4.36 Å². The van der Waals surface area contributed by atoms with Gasteiger partial charge in [0.25, 0.3) is 0 Å². The topological polar surface area (TPSA) is 68.6 Å². The average molecular weight is 344 g/mol. The fraction of sp³-hybridized carbons (Fsp3) is 0.333. The molecule has 24 heavy (non-hydrogen) atoms. The zero-order valence-corrected chi connectivity index (χ0v) is 14.2. The molecule has 0 aliphatic carbocycles. The van der Waals surface area contributed by atoms with Gasteiger partial charge in [-0.05, 0) is 30.5 Å². The first-order valence-electron chi connectivity index (χ1n) is 8.05. The summed E-state index contributed by atoms with van der Waals surface area (Å²) in [6, 6.07) is 14.4. The van der Waals surface area contributed by atoms with Crippen molar-refractivity contribution < 1.29 is 13.7 Å². The maximum atomic E-state index is 12.6. The van der Waals surface area contributed by atoms with Gasteiger partial charge in [-0.2, -0.15) is 4.36 Å². The molecule has 6 heteroatoms.